The van der Waals surface area contributed by atoms with Crippen LogP contribution in [0.3, 0.4) is 0 Å². The minimum Gasteiger partial charge on any atom is -0.454 e. The van der Waals surface area contributed by atoms with Gasteiger partial charge in [-0.1, -0.05) is 36.1 Å². The van der Waals surface area contributed by atoms with Crippen LogP contribution in [-0.4, -0.2) is 11.9 Å². The van der Waals surface area contributed by atoms with E-state index in [1.807, 2.05) is 30.3 Å². The summed E-state index contributed by atoms with van der Waals surface area (Å²) >= 11 is 0. The zero-order chi connectivity index (χ0) is 13.1. The maximum absolute atomic E-state index is 10.0. The summed E-state index contributed by atoms with van der Waals surface area (Å²) in [7, 11) is 0. The van der Waals surface area contributed by atoms with Crippen LogP contribution in [0.1, 0.15) is 17.2 Å². The summed E-state index contributed by atoms with van der Waals surface area (Å²) in [5.41, 5.74) is 1.58. The summed E-state index contributed by atoms with van der Waals surface area (Å²) in [5, 5.41) is 10.0. The predicted molar refractivity (Wildman–Crippen MR) is 70.8 cm³/mol. The maximum atomic E-state index is 10.0. The third-order valence-electron chi connectivity index (χ3n) is 2.84. The van der Waals surface area contributed by atoms with Crippen molar-refractivity contribution < 1.29 is 14.6 Å². The SMILES string of the molecule is OC(C#Cc1ccccc1)c1ccc2c(c1)OCO2. The van der Waals surface area contributed by atoms with Gasteiger partial charge in [-0.05, 0) is 29.8 Å². The third-order valence-corrected chi connectivity index (χ3v) is 2.84. The van der Waals surface area contributed by atoms with Crippen LogP contribution < -0.4 is 9.47 Å². The van der Waals surface area contributed by atoms with Gasteiger partial charge in [0.05, 0.1) is 0 Å². The molecule has 2 aromatic rings. The van der Waals surface area contributed by atoms with Gasteiger partial charge in [-0.2, -0.15) is 0 Å². The predicted octanol–water partition coefficient (Wildman–Crippen LogP) is 2.50. The van der Waals surface area contributed by atoms with E-state index in [9.17, 15) is 5.11 Å². The highest BCUT2D eigenvalue weighted by molar-refractivity contribution is 5.46. The molecule has 1 N–H and O–H groups in total. The lowest BCUT2D eigenvalue weighted by Gasteiger charge is -2.04. The van der Waals surface area contributed by atoms with Gasteiger partial charge in [0.15, 0.2) is 11.5 Å². The highest BCUT2D eigenvalue weighted by Crippen LogP contribution is 2.34. The third kappa shape index (κ3) is 2.54. The topological polar surface area (TPSA) is 38.7 Å². The number of aliphatic hydroxyl groups excluding tert-OH is 1. The zero-order valence-corrected chi connectivity index (χ0v) is 10.2. The first-order chi connectivity index (χ1) is 9.33. The molecule has 0 bridgehead atoms. The first-order valence-electron chi connectivity index (χ1n) is 5.97. The monoisotopic (exact) mass is 252 g/mol. The average molecular weight is 252 g/mol. The Kier molecular flexibility index (Phi) is 3.09. The van der Waals surface area contributed by atoms with E-state index in [4.69, 9.17) is 9.47 Å². The molecule has 0 saturated carbocycles. The Balaban J connectivity index is 1.81. The molecule has 0 fully saturated rings. The molecule has 1 unspecified atom stereocenters. The number of hydrogen-bond donors (Lipinski definition) is 1. The molecule has 2 aromatic carbocycles. The molecule has 0 radical (unpaired) electrons. The van der Waals surface area contributed by atoms with Crippen LogP contribution in [-0.2, 0) is 0 Å². The van der Waals surface area contributed by atoms with E-state index in [1.165, 1.54) is 0 Å². The largest absolute Gasteiger partial charge is 0.454 e. The molecule has 1 heterocycles. The minimum atomic E-state index is -0.838. The fourth-order valence-electron chi connectivity index (χ4n) is 1.84. The lowest BCUT2D eigenvalue weighted by molar-refractivity contribution is 0.173. The number of fused-ring (bicyclic) bond motifs is 1. The Labute approximate surface area is 111 Å². The minimum absolute atomic E-state index is 0.227. The van der Waals surface area contributed by atoms with Gasteiger partial charge < -0.3 is 14.6 Å². The molecule has 19 heavy (non-hydrogen) atoms. The van der Waals surface area contributed by atoms with E-state index in [1.54, 1.807) is 18.2 Å². The Morgan fingerprint density at radius 1 is 1.00 bits per heavy atom. The fourth-order valence-corrected chi connectivity index (χ4v) is 1.84. The molecule has 0 amide bonds. The summed E-state index contributed by atoms with van der Waals surface area (Å²) in [5.74, 6) is 7.11. The van der Waals surface area contributed by atoms with Gasteiger partial charge in [0, 0.05) is 5.56 Å². The van der Waals surface area contributed by atoms with Gasteiger partial charge >= 0.3 is 0 Å². The van der Waals surface area contributed by atoms with Crippen LogP contribution in [0.25, 0.3) is 0 Å². The second kappa shape index (κ2) is 5.05. The normalized spacial score (nSPS) is 13.5. The number of rotatable bonds is 1. The van der Waals surface area contributed by atoms with E-state index >= 15 is 0 Å². The summed E-state index contributed by atoms with van der Waals surface area (Å²) in [6.07, 6.45) is -0.838. The molecule has 0 saturated heterocycles. The standard InChI is InChI=1S/C16H12O3/c17-14(8-6-12-4-2-1-3-5-12)13-7-9-15-16(10-13)19-11-18-15/h1-5,7,9-10,14,17H,11H2. The van der Waals surface area contributed by atoms with Gasteiger partial charge in [-0.25, -0.2) is 0 Å². The van der Waals surface area contributed by atoms with Crippen LogP contribution >= 0.6 is 0 Å². The maximum Gasteiger partial charge on any atom is 0.231 e. The lowest BCUT2D eigenvalue weighted by Crippen LogP contribution is -1.94. The molecule has 3 nitrogen and oxygen atoms in total. The van der Waals surface area contributed by atoms with Crippen LogP contribution in [0, 0.1) is 11.8 Å². The number of ether oxygens (including phenoxy) is 2. The van der Waals surface area contributed by atoms with Gasteiger partial charge in [-0.3, -0.25) is 0 Å². The van der Waals surface area contributed by atoms with Crippen LogP contribution in [0.15, 0.2) is 48.5 Å². The van der Waals surface area contributed by atoms with Crippen molar-refractivity contribution in [2.45, 2.75) is 6.10 Å². The van der Waals surface area contributed by atoms with E-state index in [2.05, 4.69) is 11.8 Å². The summed E-state index contributed by atoms with van der Waals surface area (Å²) in [4.78, 5) is 0. The Morgan fingerprint density at radius 2 is 1.79 bits per heavy atom. The molecule has 94 valence electrons. The van der Waals surface area contributed by atoms with Crippen molar-refractivity contribution in [3.63, 3.8) is 0 Å². The molecule has 1 aliphatic rings. The van der Waals surface area contributed by atoms with E-state index in [0.29, 0.717) is 17.1 Å². The molecule has 0 aliphatic carbocycles. The molecule has 3 heteroatoms. The van der Waals surface area contributed by atoms with E-state index in [0.717, 1.165) is 5.56 Å². The highest BCUT2D eigenvalue weighted by Gasteiger charge is 2.15. The number of aliphatic hydroxyl groups is 1. The Morgan fingerprint density at radius 3 is 2.63 bits per heavy atom. The quantitative estimate of drug-likeness (QED) is 0.792. The first-order valence-corrected chi connectivity index (χ1v) is 5.97. The van der Waals surface area contributed by atoms with Gasteiger partial charge in [-0.15, -0.1) is 0 Å². The molecule has 0 aromatic heterocycles. The van der Waals surface area contributed by atoms with Crippen molar-refractivity contribution >= 4 is 0 Å². The van der Waals surface area contributed by atoms with Gasteiger partial charge in [0.2, 0.25) is 6.79 Å². The Bertz CT molecular complexity index is 638. The van der Waals surface area contributed by atoms with Gasteiger partial charge in [0.25, 0.3) is 0 Å². The second-order valence-electron chi connectivity index (χ2n) is 4.15. The lowest BCUT2D eigenvalue weighted by atomic mass is 10.1. The smallest absolute Gasteiger partial charge is 0.231 e. The van der Waals surface area contributed by atoms with Crippen LogP contribution in [0.4, 0.5) is 0 Å². The molecule has 1 aliphatic heterocycles. The molecular weight excluding hydrogens is 240 g/mol. The van der Waals surface area contributed by atoms with Gasteiger partial charge in [0.1, 0.15) is 6.10 Å². The van der Waals surface area contributed by atoms with Crippen molar-refractivity contribution in [2.24, 2.45) is 0 Å². The van der Waals surface area contributed by atoms with Crippen LogP contribution in [0.2, 0.25) is 0 Å². The van der Waals surface area contributed by atoms with Crippen molar-refractivity contribution in [1.82, 2.24) is 0 Å². The van der Waals surface area contributed by atoms with E-state index in [-0.39, 0.29) is 6.79 Å². The second-order valence-corrected chi connectivity index (χ2v) is 4.15. The summed E-state index contributed by atoms with van der Waals surface area (Å²) in [6.45, 7) is 0.227. The van der Waals surface area contributed by atoms with Crippen molar-refractivity contribution in [3.8, 4) is 23.3 Å². The molecule has 3 rings (SSSR count). The number of benzene rings is 2. The van der Waals surface area contributed by atoms with Crippen molar-refractivity contribution in [2.75, 3.05) is 6.79 Å². The zero-order valence-electron chi connectivity index (χ0n) is 10.2. The summed E-state index contributed by atoms with van der Waals surface area (Å²) < 4.78 is 10.5. The Hall–Kier alpha value is -2.44. The van der Waals surface area contributed by atoms with E-state index < -0.39 is 6.10 Å². The summed E-state index contributed by atoms with van der Waals surface area (Å²) in [6, 6.07) is 14.9. The number of hydrogen-bond acceptors (Lipinski definition) is 3. The highest BCUT2D eigenvalue weighted by atomic mass is 16.7. The van der Waals surface area contributed by atoms with Crippen molar-refractivity contribution in [1.29, 1.82) is 0 Å². The molecule has 1 atom stereocenters. The van der Waals surface area contributed by atoms with Crippen LogP contribution in [0.5, 0.6) is 11.5 Å². The average Bonchev–Trinajstić information content (AvgIpc) is 2.93. The molecule has 0 spiro atoms. The van der Waals surface area contributed by atoms with Crippen molar-refractivity contribution in [3.05, 3.63) is 59.7 Å². The molecular formula is C16H12O3. The first kappa shape index (κ1) is 11.6. The fraction of sp³-hybridized carbons (Fsp3) is 0.125.